The predicted octanol–water partition coefficient (Wildman–Crippen LogP) is 5.03. The van der Waals surface area contributed by atoms with Crippen LogP contribution in [0.2, 0.25) is 0 Å². The maximum absolute atomic E-state index is 12.0. The number of hydrogen-bond acceptors (Lipinski definition) is 3. The quantitative estimate of drug-likeness (QED) is 0.715. The molecule has 0 spiro atoms. The third kappa shape index (κ3) is 4.44. The van der Waals surface area contributed by atoms with Crippen LogP contribution in [0.15, 0.2) is 66.0 Å². The summed E-state index contributed by atoms with van der Waals surface area (Å²) in [4.78, 5) is 13.0. The second-order valence-electron chi connectivity index (χ2n) is 5.25. The molecule has 0 saturated carbocycles. The Labute approximate surface area is 139 Å². The molecule has 23 heavy (non-hydrogen) atoms. The lowest BCUT2D eigenvalue weighted by Gasteiger charge is -2.08. The molecule has 4 heteroatoms. The van der Waals surface area contributed by atoms with Crippen LogP contribution in [-0.4, -0.2) is 5.91 Å². The van der Waals surface area contributed by atoms with Crippen molar-refractivity contribution >= 4 is 22.9 Å². The van der Waals surface area contributed by atoms with Crippen molar-refractivity contribution in [3.05, 3.63) is 76.5 Å². The lowest BCUT2D eigenvalue weighted by molar-refractivity contribution is -0.115. The van der Waals surface area contributed by atoms with E-state index >= 15 is 0 Å². The summed E-state index contributed by atoms with van der Waals surface area (Å²) in [5, 5.41) is 4.86. The average Bonchev–Trinajstić information content (AvgIpc) is 3.02. The number of carbonyl (C=O) groups is 1. The molecule has 3 aromatic rings. The zero-order chi connectivity index (χ0) is 16.1. The molecule has 1 aromatic heterocycles. The van der Waals surface area contributed by atoms with Crippen molar-refractivity contribution in [3.8, 4) is 11.5 Å². The number of aryl methyl sites for hydroxylation is 1. The molecule has 0 unspecified atom stereocenters. The first-order valence-electron chi connectivity index (χ1n) is 7.36. The summed E-state index contributed by atoms with van der Waals surface area (Å²) in [5.74, 6) is 1.53. The van der Waals surface area contributed by atoms with Crippen LogP contribution in [0.4, 0.5) is 5.69 Å². The highest BCUT2D eigenvalue weighted by molar-refractivity contribution is 7.10. The summed E-state index contributed by atoms with van der Waals surface area (Å²) in [7, 11) is 0. The van der Waals surface area contributed by atoms with Crippen molar-refractivity contribution in [2.75, 3.05) is 5.32 Å². The number of hydrogen-bond donors (Lipinski definition) is 1. The molecule has 0 radical (unpaired) electrons. The lowest BCUT2D eigenvalue weighted by Crippen LogP contribution is -2.13. The van der Waals surface area contributed by atoms with E-state index in [0.717, 1.165) is 27.6 Å². The SMILES string of the molecule is Cc1cccc(Oc2ccc(NC(=O)Cc3cccs3)cc2)c1. The molecule has 0 aliphatic rings. The Hall–Kier alpha value is -2.59. The molecule has 3 nitrogen and oxygen atoms in total. The van der Waals surface area contributed by atoms with Crippen molar-refractivity contribution in [2.45, 2.75) is 13.3 Å². The van der Waals surface area contributed by atoms with E-state index in [-0.39, 0.29) is 5.91 Å². The zero-order valence-corrected chi connectivity index (χ0v) is 13.6. The van der Waals surface area contributed by atoms with E-state index in [4.69, 9.17) is 4.74 Å². The summed E-state index contributed by atoms with van der Waals surface area (Å²) in [6.45, 7) is 2.03. The maximum atomic E-state index is 12.0. The third-order valence-electron chi connectivity index (χ3n) is 3.28. The number of amides is 1. The summed E-state index contributed by atoms with van der Waals surface area (Å²) in [6.07, 6.45) is 0.402. The number of ether oxygens (including phenoxy) is 1. The van der Waals surface area contributed by atoms with Crippen LogP contribution in [-0.2, 0) is 11.2 Å². The molecule has 1 N–H and O–H groups in total. The second kappa shape index (κ2) is 7.11. The van der Waals surface area contributed by atoms with Gasteiger partial charge in [0.05, 0.1) is 6.42 Å². The molecule has 3 rings (SSSR count). The van der Waals surface area contributed by atoms with Crippen molar-refractivity contribution in [3.63, 3.8) is 0 Å². The molecule has 0 atom stereocenters. The van der Waals surface area contributed by atoms with E-state index in [2.05, 4.69) is 5.32 Å². The normalized spacial score (nSPS) is 10.3. The summed E-state index contributed by atoms with van der Waals surface area (Å²) < 4.78 is 5.79. The van der Waals surface area contributed by atoms with Gasteiger partial charge in [-0.25, -0.2) is 0 Å². The van der Waals surface area contributed by atoms with E-state index in [0.29, 0.717) is 6.42 Å². The van der Waals surface area contributed by atoms with Gasteiger partial charge in [0, 0.05) is 10.6 Å². The van der Waals surface area contributed by atoms with Gasteiger partial charge in [0.1, 0.15) is 11.5 Å². The van der Waals surface area contributed by atoms with E-state index in [1.54, 1.807) is 11.3 Å². The fourth-order valence-electron chi connectivity index (χ4n) is 2.20. The van der Waals surface area contributed by atoms with Gasteiger partial charge >= 0.3 is 0 Å². The maximum Gasteiger partial charge on any atom is 0.229 e. The van der Waals surface area contributed by atoms with Crippen LogP contribution in [0, 0.1) is 6.92 Å². The Morgan fingerprint density at radius 3 is 2.57 bits per heavy atom. The summed E-state index contributed by atoms with van der Waals surface area (Å²) >= 11 is 1.59. The standard InChI is InChI=1S/C19H17NO2S/c1-14-4-2-5-17(12-14)22-16-9-7-15(8-10-16)20-19(21)13-18-6-3-11-23-18/h2-12H,13H2,1H3,(H,20,21). The summed E-state index contributed by atoms with van der Waals surface area (Å²) in [5.41, 5.74) is 1.92. The lowest BCUT2D eigenvalue weighted by atomic mass is 10.2. The second-order valence-corrected chi connectivity index (χ2v) is 6.28. The minimum atomic E-state index is -0.0141. The Morgan fingerprint density at radius 2 is 1.87 bits per heavy atom. The van der Waals surface area contributed by atoms with Crippen molar-refractivity contribution in [1.82, 2.24) is 0 Å². The number of carbonyl (C=O) groups excluding carboxylic acids is 1. The van der Waals surface area contributed by atoms with Gasteiger partial charge in [-0.05, 0) is 60.3 Å². The Morgan fingerprint density at radius 1 is 1.04 bits per heavy atom. The number of anilines is 1. The highest BCUT2D eigenvalue weighted by atomic mass is 32.1. The molecular formula is C19H17NO2S. The van der Waals surface area contributed by atoms with Crippen molar-refractivity contribution < 1.29 is 9.53 Å². The average molecular weight is 323 g/mol. The summed E-state index contributed by atoms with van der Waals surface area (Å²) in [6, 6.07) is 19.2. The van der Waals surface area contributed by atoms with Crippen molar-refractivity contribution in [1.29, 1.82) is 0 Å². The number of nitrogens with one attached hydrogen (secondary N) is 1. The van der Waals surface area contributed by atoms with Crippen LogP contribution in [0.3, 0.4) is 0 Å². The topological polar surface area (TPSA) is 38.3 Å². The van der Waals surface area contributed by atoms with Gasteiger partial charge in [-0.1, -0.05) is 18.2 Å². The monoisotopic (exact) mass is 323 g/mol. The molecule has 0 aliphatic carbocycles. The minimum absolute atomic E-state index is 0.0141. The first kappa shape index (κ1) is 15.3. The van der Waals surface area contributed by atoms with E-state index in [9.17, 15) is 4.79 Å². The molecule has 1 amide bonds. The van der Waals surface area contributed by atoms with Gasteiger partial charge in [0.25, 0.3) is 0 Å². The van der Waals surface area contributed by atoms with Gasteiger partial charge in [0.15, 0.2) is 0 Å². The van der Waals surface area contributed by atoms with E-state index < -0.39 is 0 Å². The number of rotatable bonds is 5. The fraction of sp³-hybridized carbons (Fsp3) is 0.105. The number of thiophene rings is 1. The highest BCUT2D eigenvalue weighted by Crippen LogP contribution is 2.23. The molecular weight excluding hydrogens is 306 g/mol. The Bertz CT molecular complexity index is 779. The largest absolute Gasteiger partial charge is 0.457 e. The van der Waals surface area contributed by atoms with Crippen LogP contribution in [0.1, 0.15) is 10.4 Å². The Balaban J connectivity index is 1.59. The first-order valence-corrected chi connectivity index (χ1v) is 8.24. The van der Waals surface area contributed by atoms with Crippen LogP contribution >= 0.6 is 11.3 Å². The molecule has 0 bridgehead atoms. The zero-order valence-electron chi connectivity index (χ0n) is 12.8. The molecule has 0 aliphatic heterocycles. The molecule has 1 heterocycles. The number of benzene rings is 2. The Kier molecular flexibility index (Phi) is 4.74. The van der Waals surface area contributed by atoms with Crippen LogP contribution < -0.4 is 10.1 Å². The molecule has 2 aromatic carbocycles. The predicted molar refractivity (Wildman–Crippen MR) is 94.3 cm³/mol. The van der Waals surface area contributed by atoms with Crippen LogP contribution in [0.25, 0.3) is 0 Å². The highest BCUT2D eigenvalue weighted by Gasteiger charge is 2.05. The smallest absolute Gasteiger partial charge is 0.229 e. The van der Waals surface area contributed by atoms with Gasteiger partial charge < -0.3 is 10.1 Å². The van der Waals surface area contributed by atoms with Gasteiger partial charge in [-0.2, -0.15) is 0 Å². The van der Waals surface area contributed by atoms with E-state index in [1.807, 2.05) is 73.0 Å². The molecule has 116 valence electrons. The third-order valence-corrected chi connectivity index (χ3v) is 4.15. The van der Waals surface area contributed by atoms with Gasteiger partial charge in [-0.3, -0.25) is 4.79 Å². The first-order chi connectivity index (χ1) is 11.2. The molecule has 0 fully saturated rings. The van der Waals surface area contributed by atoms with Gasteiger partial charge in [0.2, 0.25) is 5.91 Å². The van der Waals surface area contributed by atoms with Crippen LogP contribution in [0.5, 0.6) is 11.5 Å². The van der Waals surface area contributed by atoms with Crippen molar-refractivity contribution in [2.24, 2.45) is 0 Å². The van der Waals surface area contributed by atoms with E-state index in [1.165, 1.54) is 0 Å². The van der Waals surface area contributed by atoms with Gasteiger partial charge in [-0.15, -0.1) is 11.3 Å². The minimum Gasteiger partial charge on any atom is -0.457 e. The molecule has 0 saturated heterocycles. The fourth-order valence-corrected chi connectivity index (χ4v) is 2.90.